The van der Waals surface area contributed by atoms with E-state index >= 15 is 0 Å². The monoisotopic (exact) mass is 696 g/mol. The Hall–Kier alpha value is -7.22. The lowest BCUT2D eigenvalue weighted by Crippen LogP contribution is -1.95. The summed E-state index contributed by atoms with van der Waals surface area (Å²) in [7, 11) is 0. The number of fused-ring (bicyclic) bond motifs is 13. The maximum atomic E-state index is 6.28. The third kappa shape index (κ3) is 4.35. The first-order chi connectivity index (χ1) is 27.3. The molecule has 0 aliphatic carbocycles. The van der Waals surface area contributed by atoms with Crippen LogP contribution in [0.3, 0.4) is 0 Å². The topological polar surface area (TPSA) is 13.1 Å². The molecule has 0 bridgehead atoms. The van der Waals surface area contributed by atoms with Gasteiger partial charge in [-0.2, -0.15) is 0 Å². The van der Waals surface area contributed by atoms with Crippen LogP contribution in [-0.4, -0.2) is 0 Å². The molecule has 12 aromatic rings. The van der Waals surface area contributed by atoms with Gasteiger partial charge in [-0.15, -0.1) is 0 Å². The maximum Gasteiger partial charge on any atom is 0.135 e. The summed E-state index contributed by atoms with van der Waals surface area (Å²) < 4.78 is 6.28. The van der Waals surface area contributed by atoms with Crippen molar-refractivity contribution in [2.24, 2.45) is 0 Å². The van der Waals surface area contributed by atoms with Gasteiger partial charge in [0, 0.05) is 10.8 Å². The summed E-state index contributed by atoms with van der Waals surface area (Å²) in [5.41, 5.74) is 9.21. The molecule has 0 amide bonds. The van der Waals surface area contributed by atoms with Crippen LogP contribution in [0.25, 0.3) is 120 Å². The van der Waals surface area contributed by atoms with Crippen LogP contribution in [0.15, 0.2) is 199 Å². The molecule has 55 heavy (non-hydrogen) atoms. The highest BCUT2D eigenvalue weighted by Gasteiger charge is 2.24. The number of para-hydroxylation sites is 1. The van der Waals surface area contributed by atoms with Crippen molar-refractivity contribution in [3.05, 3.63) is 194 Å². The Morgan fingerprint density at radius 2 is 0.764 bits per heavy atom. The minimum atomic E-state index is 0.908. The van der Waals surface area contributed by atoms with Gasteiger partial charge in [0.1, 0.15) is 11.2 Å². The van der Waals surface area contributed by atoms with Gasteiger partial charge in [0.05, 0.1) is 0 Å². The fourth-order valence-corrected chi connectivity index (χ4v) is 9.52. The Bertz CT molecular complexity index is 3460. The Morgan fingerprint density at radius 3 is 1.49 bits per heavy atom. The normalized spacial score (nSPS) is 12.0. The molecule has 11 aromatic carbocycles. The van der Waals surface area contributed by atoms with Crippen molar-refractivity contribution in [1.29, 1.82) is 0 Å². The highest BCUT2D eigenvalue weighted by Crippen LogP contribution is 2.51. The molecule has 1 aromatic heterocycles. The zero-order valence-electron chi connectivity index (χ0n) is 29.9. The Balaban J connectivity index is 1.28. The Morgan fingerprint density at radius 1 is 0.255 bits per heavy atom. The maximum absolute atomic E-state index is 6.28. The molecule has 12 rings (SSSR count). The zero-order valence-corrected chi connectivity index (χ0v) is 29.9. The van der Waals surface area contributed by atoms with Crippen LogP contribution in [0.2, 0.25) is 0 Å². The number of benzene rings is 11. The van der Waals surface area contributed by atoms with Crippen LogP contribution in [0.1, 0.15) is 0 Å². The lowest BCUT2D eigenvalue weighted by Gasteiger charge is -2.23. The first-order valence-corrected chi connectivity index (χ1v) is 19.0. The fourth-order valence-electron chi connectivity index (χ4n) is 9.52. The summed E-state index contributed by atoms with van der Waals surface area (Å²) in [4.78, 5) is 0. The quantitative estimate of drug-likeness (QED) is 0.132. The van der Waals surface area contributed by atoms with Gasteiger partial charge in [0.15, 0.2) is 0 Å². The van der Waals surface area contributed by atoms with Crippen LogP contribution in [0.5, 0.6) is 0 Å². The van der Waals surface area contributed by atoms with Crippen LogP contribution in [0.4, 0.5) is 0 Å². The third-order valence-electron chi connectivity index (χ3n) is 11.8. The highest BCUT2D eigenvalue weighted by atomic mass is 16.3. The van der Waals surface area contributed by atoms with E-state index in [4.69, 9.17) is 4.42 Å². The average Bonchev–Trinajstić information content (AvgIpc) is 3.63. The molecule has 1 nitrogen and oxygen atoms in total. The van der Waals surface area contributed by atoms with Gasteiger partial charge in [0.2, 0.25) is 0 Å². The third-order valence-corrected chi connectivity index (χ3v) is 11.8. The molecule has 0 saturated carbocycles. The van der Waals surface area contributed by atoms with E-state index in [1.807, 2.05) is 6.07 Å². The van der Waals surface area contributed by atoms with Crippen LogP contribution in [0, 0.1) is 0 Å². The molecule has 1 heterocycles. The predicted molar refractivity (Wildman–Crippen MR) is 235 cm³/mol. The number of hydrogen-bond acceptors (Lipinski definition) is 1. The molecular weight excluding hydrogens is 665 g/mol. The van der Waals surface area contributed by atoms with Crippen molar-refractivity contribution in [2.75, 3.05) is 0 Å². The van der Waals surface area contributed by atoms with E-state index in [9.17, 15) is 0 Å². The molecular formula is C54H32O. The van der Waals surface area contributed by atoms with E-state index in [1.54, 1.807) is 0 Å². The molecule has 1 heteroatoms. The summed E-state index contributed by atoms with van der Waals surface area (Å²) in [6.45, 7) is 0. The van der Waals surface area contributed by atoms with Gasteiger partial charge in [-0.1, -0.05) is 176 Å². The molecule has 0 unspecified atom stereocenters. The molecule has 0 aliphatic rings. The summed E-state index contributed by atoms with van der Waals surface area (Å²) in [5.74, 6) is 0. The molecule has 0 N–H and O–H groups in total. The van der Waals surface area contributed by atoms with E-state index in [0.717, 1.165) is 21.9 Å². The van der Waals surface area contributed by atoms with Crippen LogP contribution < -0.4 is 0 Å². The predicted octanol–water partition coefficient (Wildman–Crippen LogP) is 15.5. The average molecular weight is 697 g/mol. The second kappa shape index (κ2) is 11.6. The minimum absolute atomic E-state index is 0.908. The lowest BCUT2D eigenvalue weighted by atomic mass is 9.80. The van der Waals surface area contributed by atoms with E-state index in [2.05, 4.69) is 188 Å². The van der Waals surface area contributed by atoms with Gasteiger partial charge >= 0.3 is 0 Å². The second-order valence-corrected chi connectivity index (χ2v) is 14.7. The zero-order chi connectivity index (χ0) is 36.0. The minimum Gasteiger partial charge on any atom is -0.456 e. The lowest BCUT2D eigenvalue weighted by molar-refractivity contribution is 0.669. The van der Waals surface area contributed by atoms with E-state index in [-0.39, 0.29) is 0 Å². The van der Waals surface area contributed by atoms with Crippen molar-refractivity contribution in [3.8, 4) is 33.4 Å². The SMILES string of the molecule is c1ccc(-c2ccc3c4ccc5ccccc5c4c4ccccc4c3c2-c2c3ccccc3c(-c3ccc4oc5ccccc5c4c3)c3ccccc23)cc1. The summed E-state index contributed by atoms with van der Waals surface area (Å²) in [6, 6.07) is 71.2. The van der Waals surface area contributed by atoms with Crippen molar-refractivity contribution in [2.45, 2.75) is 0 Å². The number of furan rings is 1. The summed E-state index contributed by atoms with van der Waals surface area (Å²) in [5, 5.41) is 17.4. The van der Waals surface area contributed by atoms with Gasteiger partial charge in [0.25, 0.3) is 0 Å². The molecule has 0 spiro atoms. The van der Waals surface area contributed by atoms with Crippen LogP contribution >= 0.6 is 0 Å². The smallest absolute Gasteiger partial charge is 0.135 e. The van der Waals surface area contributed by atoms with Crippen molar-refractivity contribution < 1.29 is 4.42 Å². The van der Waals surface area contributed by atoms with Gasteiger partial charge in [-0.25, -0.2) is 0 Å². The van der Waals surface area contributed by atoms with Crippen molar-refractivity contribution >= 4 is 86.6 Å². The highest BCUT2D eigenvalue weighted by molar-refractivity contribution is 6.36. The van der Waals surface area contributed by atoms with Gasteiger partial charge in [-0.3, -0.25) is 0 Å². The molecule has 0 atom stereocenters. The van der Waals surface area contributed by atoms with Gasteiger partial charge in [-0.05, 0) is 116 Å². The summed E-state index contributed by atoms with van der Waals surface area (Å²) in [6.07, 6.45) is 0. The molecule has 0 fully saturated rings. The number of hydrogen-bond donors (Lipinski definition) is 0. The first kappa shape index (κ1) is 30.3. The molecule has 0 saturated heterocycles. The van der Waals surface area contributed by atoms with Crippen LogP contribution in [-0.2, 0) is 0 Å². The van der Waals surface area contributed by atoms with Crippen molar-refractivity contribution in [3.63, 3.8) is 0 Å². The largest absolute Gasteiger partial charge is 0.456 e. The first-order valence-electron chi connectivity index (χ1n) is 19.0. The standard InChI is InChI=1S/C54H32O/c1-2-14-33(15-3-1)37-29-30-46-45-28-26-34-16-4-5-17-36(34)51(45)41-21-8-11-24-44(41)53(46)54(37)52-42-22-9-6-19-39(42)50(40-20-7-10-23-43(40)52)35-27-31-49-47(32-35)38-18-12-13-25-48(38)55-49/h1-32H. The van der Waals surface area contributed by atoms with E-state index in [1.165, 1.54) is 98.0 Å². The second-order valence-electron chi connectivity index (χ2n) is 14.7. The van der Waals surface area contributed by atoms with E-state index < -0.39 is 0 Å². The van der Waals surface area contributed by atoms with Crippen molar-refractivity contribution in [1.82, 2.24) is 0 Å². The molecule has 254 valence electrons. The molecule has 0 aliphatic heterocycles. The Kier molecular flexibility index (Phi) is 6.40. The van der Waals surface area contributed by atoms with Gasteiger partial charge < -0.3 is 4.42 Å². The summed E-state index contributed by atoms with van der Waals surface area (Å²) >= 11 is 0. The van der Waals surface area contributed by atoms with E-state index in [0.29, 0.717) is 0 Å². The Labute approximate surface area is 317 Å². The number of rotatable bonds is 3. The molecule has 0 radical (unpaired) electrons. The fraction of sp³-hybridized carbons (Fsp3) is 0.